The van der Waals surface area contributed by atoms with Gasteiger partial charge in [0.05, 0.1) is 12.2 Å². The van der Waals surface area contributed by atoms with Gasteiger partial charge in [-0.15, -0.1) is 24.0 Å². The van der Waals surface area contributed by atoms with Crippen molar-refractivity contribution in [3.63, 3.8) is 0 Å². The second-order valence-corrected chi connectivity index (χ2v) is 8.60. The number of benzene rings is 1. The van der Waals surface area contributed by atoms with Crippen molar-refractivity contribution < 1.29 is 4.42 Å². The molecule has 2 aliphatic heterocycles. The summed E-state index contributed by atoms with van der Waals surface area (Å²) in [6, 6.07) is 8.79. The van der Waals surface area contributed by atoms with Gasteiger partial charge in [-0.1, -0.05) is 24.3 Å². The van der Waals surface area contributed by atoms with Crippen molar-refractivity contribution in [2.24, 2.45) is 10.9 Å². The maximum absolute atomic E-state index is 5.75. The van der Waals surface area contributed by atoms with E-state index in [0.29, 0.717) is 5.92 Å². The minimum Gasteiger partial charge on any atom is -0.444 e. The topological polar surface area (TPSA) is 56.9 Å². The first-order chi connectivity index (χ1) is 14.6. The van der Waals surface area contributed by atoms with Crippen LogP contribution in [0, 0.1) is 19.8 Å². The van der Waals surface area contributed by atoms with Crippen molar-refractivity contribution in [1.29, 1.82) is 0 Å². The fraction of sp³-hybridized carbons (Fsp3) is 0.583. The van der Waals surface area contributed by atoms with Crippen molar-refractivity contribution >= 4 is 29.9 Å². The molecular weight excluding hydrogens is 501 g/mol. The van der Waals surface area contributed by atoms with Crippen molar-refractivity contribution in [2.75, 3.05) is 32.7 Å². The molecule has 1 aromatic carbocycles. The molecule has 0 bridgehead atoms. The number of hydrogen-bond acceptors (Lipinski definition) is 4. The molecule has 2 aliphatic rings. The molecule has 7 heteroatoms. The van der Waals surface area contributed by atoms with Gasteiger partial charge in [-0.25, -0.2) is 4.98 Å². The number of rotatable bonds is 5. The lowest BCUT2D eigenvalue weighted by atomic mass is 9.97. The number of fused-ring (bicyclic) bond motifs is 1. The second-order valence-electron chi connectivity index (χ2n) is 8.60. The first-order valence-electron chi connectivity index (χ1n) is 11.4. The fourth-order valence-electron chi connectivity index (χ4n) is 4.44. The minimum absolute atomic E-state index is 0. The Kier molecular flexibility index (Phi) is 8.77. The number of nitrogens with zero attached hydrogens (tertiary/aromatic N) is 4. The first-order valence-corrected chi connectivity index (χ1v) is 11.4. The summed E-state index contributed by atoms with van der Waals surface area (Å²) in [5.74, 6) is 3.51. The number of aryl methyl sites for hydroxylation is 2. The highest BCUT2D eigenvalue weighted by molar-refractivity contribution is 14.0. The van der Waals surface area contributed by atoms with Gasteiger partial charge in [0, 0.05) is 26.2 Å². The number of piperidine rings is 1. The van der Waals surface area contributed by atoms with E-state index in [-0.39, 0.29) is 24.0 Å². The minimum atomic E-state index is 0. The predicted octanol–water partition coefficient (Wildman–Crippen LogP) is 4.15. The monoisotopic (exact) mass is 537 g/mol. The molecule has 0 aliphatic carbocycles. The van der Waals surface area contributed by atoms with E-state index in [0.717, 1.165) is 75.5 Å². The zero-order chi connectivity index (χ0) is 20.9. The normalized spacial score (nSPS) is 17.9. The smallest absolute Gasteiger partial charge is 0.208 e. The standard InChI is InChI=1S/C24H35N5O.HI/c1-4-25-24(29-14-11-21-7-5-6-8-22(21)16-29)26-15-20-9-12-28(13-10-20)17-23-27-18(2)19(3)30-23;/h5-8,20H,4,9-17H2,1-3H3,(H,25,26);1H. The van der Waals surface area contributed by atoms with E-state index in [4.69, 9.17) is 9.41 Å². The molecule has 1 saturated heterocycles. The number of hydrogen-bond donors (Lipinski definition) is 1. The Morgan fingerprint density at radius 3 is 2.58 bits per heavy atom. The molecule has 0 atom stereocenters. The molecule has 2 aromatic rings. The predicted molar refractivity (Wildman–Crippen MR) is 136 cm³/mol. The quantitative estimate of drug-likeness (QED) is 0.353. The van der Waals surface area contributed by atoms with Gasteiger partial charge in [0.25, 0.3) is 0 Å². The Labute approximate surface area is 203 Å². The summed E-state index contributed by atoms with van der Waals surface area (Å²) in [7, 11) is 0. The van der Waals surface area contributed by atoms with Crippen LogP contribution in [0.15, 0.2) is 33.7 Å². The summed E-state index contributed by atoms with van der Waals surface area (Å²) in [5.41, 5.74) is 3.92. The molecule has 4 rings (SSSR count). The lowest BCUT2D eigenvalue weighted by Crippen LogP contribution is -2.44. The number of aliphatic imine (C=N–C) groups is 1. The van der Waals surface area contributed by atoms with E-state index >= 15 is 0 Å². The van der Waals surface area contributed by atoms with Crippen molar-refractivity contribution in [1.82, 2.24) is 20.1 Å². The highest BCUT2D eigenvalue weighted by Gasteiger charge is 2.22. The molecule has 1 fully saturated rings. The summed E-state index contributed by atoms with van der Waals surface area (Å²) in [5, 5.41) is 3.52. The third-order valence-electron chi connectivity index (χ3n) is 6.40. The van der Waals surface area contributed by atoms with Gasteiger partial charge < -0.3 is 14.6 Å². The fourth-order valence-corrected chi connectivity index (χ4v) is 4.44. The molecule has 3 heterocycles. The summed E-state index contributed by atoms with van der Waals surface area (Å²) in [6.45, 7) is 13.0. The Balaban J connectivity index is 0.00000272. The van der Waals surface area contributed by atoms with E-state index in [9.17, 15) is 0 Å². The maximum Gasteiger partial charge on any atom is 0.208 e. The SMILES string of the molecule is CCNC(=NCC1CCN(Cc2nc(C)c(C)o2)CC1)N1CCc2ccccc2C1.I. The first kappa shape index (κ1) is 24.0. The zero-order valence-corrected chi connectivity index (χ0v) is 21.4. The molecule has 0 unspecified atom stereocenters. The van der Waals surface area contributed by atoms with Crippen LogP contribution < -0.4 is 5.32 Å². The van der Waals surface area contributed by atoms with Crippen LogP contribution in [0.3, 0.4) is 0 Å². The third-order valence-corrected chi connectivity index (χ3v) is 6.40. The van der Waals surface area contributed by atoms with Crippen LogP contribution in [0.25, 0.3) is 0 Å². The number of nitrogens with one attached hydrogen (secondary N) is 1. The summed E-state index contributed by atoms with van der Waals surface area (Å²) in [4.78, 5) is 14.4. The van der Waals surface area contributed by atoms with E-state index in [2.05, 4.69) is 51.3 Å². The number of likely N-dealkylation sites (tertiary alicyclic amines) is 1. The van der Waals surface area contributed by atoms with Gasteiger partial charge in [-0.05, 0) is 70.2 Å². The zero-order valence-electron chi connectivity index (χ0n) is 19.1. The second kappa shape index (κ2) is 11.3. The maximum atomic E-state index is 5.75. The van der Waals surface area contributed by atoms with Crippen LogP contribution in [0.1, 0.15) is 48.2 Å². The van der Waals surface area contributed by atoms with E-state index in [1.54, 1.807) is 0 Å². The third kappa shape index (κ3) is 6.22. The molecule has 0 spiro atoms. The van der Waals surface area contributed by atoms with Crippen LogP contribution in [0.4, 0.5) is 0 Å². The van der Waals surface area contributed by atoms with Gasteiger partial charge in [0.2, 0.25) is 5.89 Å². The van der Waals surface area contributed by atoms with E-state index in [1.807, 2.05) is 13.8 Å². The van der Waals surface area contributed by atoms with Gasteiger partial charge in [0.1, 0.15) is 5.76 Å². The molecule has 1 aromatic heterocycles. The van der Waals surface area contributed by atoms with E-state index < -0.39 is 0 Å². The lowest BCUT2D eigenvalue weighted by Gasteiger charge is -2.33. The molecule has 31 heavy (non-hydrogen) atoms. The van der Waals surface area contributed by atoms with E-state index in [1.165, 1.54) is 24.0 Å². The van der Waals surface area contributed by atoms with Gasteiger partial charge in [-0.2, -0.15) is 0 Å². The summed E-state index contributed by atoms with van der Waals surface area (Å²) >= 11 is 0. The van der Waals surface area contributed by atoms with Crippen LogP contribution >= 0.6 is 24.0 Å². The summed E-state index contributed by atoms with van der Waals surface area (Å²) in [6.07, 6.45) is 3.47. The molecule has 0 saturated carbocycles. The number of aromatic nitrogens is 1. The highest BCUT2D eigenvalue weighted by Crippen LogP contribution is 2.21. The Bertz CT molecular complexity index is 853. The molecule has 0 amide bonds. The molecule has 0 radical (unpaired) electrons. The van der Waals surface area contributed by atoms with Gasteiger partial charge in [-0.3, -0.25) is 9.89 Å². The van der Waals surface area contributed by atoms with Crippen molar-refractivity contribution in [3.8, 4) is 0 Å². The molecule has 170 valence electrons. The highest BCUT2D eigenvalue weighted by atomic mass is 127. The number of halogens is 1. The number of oxazole rings is 1. The van der Waals surface area contributed by atoms with Crippen molar-refractivity contribution in [2.45, 2.75) is 53.1 Å². The molecule has 6 nitrogen and oxygen atoms in total. The lowest BCUT2D eigenvalue weighted by molar-refractivity contribution is 0.166. The Morgan fingerprint density at radius 2 is 1.90 bits per heavy atom. The largest absolute Gasteiger partial charge is 0.444 e. The number of guanidine groups is 1. The van der Waals surface area contributed by atoms with Crippen LogP contribution in [-0.4, -0.2) is 53.5 Å². The van der Waals surface area contributed by atoms with Crippen LogP contribution in [0.2, 0.25) is 0 Å². The Morgan fingerprint density at radius 1 is 1.16 bits per heavy atom. The van der Waals surface area contributed by atoms with Crippen LogP contribution in [0.5, 0.6) is 0 Å². The molecular formula is C24H36IN5O. The molecule has 1 N–H and O–H groups in total. The van der Waals surface area contributed by atoms with Crippen molar-refractivity contribution in [3.05, 3.63) is 52.7 Å². The Hall–Kier alpha value is -1.61. The van der Waals surface area contributed by atoms with Crippen LogP contribution in [-0.2, 0) is 19.5 Å². The average Bonchev–Trinajstić information content (AvgIpc) is 3.08. The average molecular weight is 537 g/mol. The summed E-state index contributed by atoms with van der Waals surface area (Å²) < 4.78 is 5.75. The van der Waals surface area contributed by atoms with Gasteiger partial charge >= 0.3 is 0 Å². The van der Waals surface area contributed by atoms with Gasteiger partial charge in [0.15, 0.2) is 5.96 Å².